The van der Waals surface area contributed by atoms with Gasteiger partial charge in [0.1, 0.15) is 17.3 Å². The Morgan fingerprint density at radius 3 is 2.23 bits per heavy atom. The molecule has 178 valence electrons. The van der Waals surface area contributed by atoms with E-state index in [1.807, 2.05) is 0 Å². The first kappa shape index (κ1) is 23.7. The van der Waals surface area contributed by atoms with E-state index >= 15 is 0 Å². The molecule has 1 aliphatic rings. The normalized spacial score (nSPS) is 17.0. The molecule has 35 heavy (non-hydrogen) atoms. The molecule has 0 saturated carbocycles. The van der Waals surface area contributed by atoms with Gasteiger partial charge < -0.3 is 19.8 Å². The number of benzene rings is 3. The van der Waals surface area contributed by atoms with Crippen LogP contribution in [0.2, 0.25) is 0 Å². The Hall–Kier alpha value is -4.46. The summed E-state index contributed by atoms with van der Waals surface area (Å²) in [6.45, 7) is 1.54. The average molecular weight is 475 g/mol. The number of aromatic hydroxyl groups is 1. The highest BCUT2D eigenvalue weighted by molar-refractivity contribution is 6.46. The van der Waals surface area contributed by atoms with Gasteiger partial charge >= 0.3 is 5.97 Å². The Morgan fingerprint density at radius 1 is 1.00 bits per heavy atom. The maximum atomic E-state index is 13.8. The molecule has 8 heteroatoms. The molecular weight excluding hydrogens is 453 g/mol. The second-order valence-electron chi connectivity index (χ2n) is 8.17. The standard InChI is InChI=1S/C27H22FNO6/c1-15-13-19(9-12-21(15)28)24(31)22-23(17-7-10-20(30)11-8-17)29(26(33)25(22)32)14-16-3-5-18(6-4-16)27(34)35-2/h3-13,23,30-31H,14H2,1-2H3/b24-22-. The first-order chi connectivity index (χ1) is 16.7. The van der Waals surface area contributed by atoms with Crippen LogP contribution < -0.4 is 0 Å². The molecule has 1 heterocycles. The summed E-state index contributed by atoms with van der Waals surface area (Å²) in [6.07, 6.45) is 0. The van der Waals surface area contributed by atoms with Gasteiger partial charge in [0.05, 0.1) is 24.3 Å². The van der Waals surface area contributed by atoms with Gasteiger partial charge in [-0.1, -0.05) is 24.3 Å². The lowest BCUT2D eigenvalue weighted by atomic mass is 9.94. The highest BCUT2D eigenvalue weighted by atomic mass is 19.1. The third-order valence-electron chi connectivity index (χ3n) is 5.91. The number of rotatable bonds is 5. The van der Waals surface area contributed by atoms with E-state index in [0.29, 0.717) is 16.7 Å². The highest BCUT2D eigenvalue weighted by Gasteiger charge is 2.46. The third-order valence-corrected chi connectivity index (χ3v) is 5.91. The summed E-state index contributed by atoms with van der Waals surface area (Å²) in [4.78, 5) is 39.2. The zero-order valence-corrected chi connectivity index (χ0v) is 19.0. The SMILES string of the molecule is COC(=O)c1ccc(CN2C(=O)C(=O)/C(=C(\O)c3ccc(F)c(C)c3)C2c2ccc(O)cc2)cc1. The number of amides is 1. The predicted octanol–water partition coefficient (Wildman–Crippen LogP) is 4.25. The number of aliphatic hydroxyl groups is 1. The van der Waals surface area contributed by atoms with Crippen LogP contribution in [0.5, 0.6) is 5.75 Å². The molecule has 0 radical (unpaired) electrons. The Labute approximate surface area is 200 Å². The number of phenolic OH excluding ortho intramolecular Hbond substituents is 1. The zero-order chi connectivity index (χ0) is 25.3. The maximum absolute atomic E-state index is 13.8. The van der Waals surface area contributed by atoms with Gasteiger partial charge in [-0.3, -0.25) is 9.59 Å². The molecule has 2 N–H and O–H groups in total. The minimum atomic E-state index is -0.957. The lowest BCUT2D eigenvalue weighted by Crippen LogP contribution is -2.29. The second kappa shape index (κ2) is 9.42. The number of esters is 1. The molecule has 0 spiro atoms. The van der Waals surface area contributed by atoms with Crippen LogP contribution >= 0.6 is 0 Å². The van der Waals surface area contributed by atoms with Crippen LogP contribution in [-0.2, 0) is 20.9 Å². The van der Waals surface area contributed by atoms with Crippen molar-refractivity contribution in [1.29, 1.82) is 0 Å². The predicted molar refractivity (Wildman–Crippen MR) is 125 cm³/mol. The summed E-state index contributed by atoms with van der Waals surface area (Å²) < 4.78 is 18.5. The molecule has 1 amide bonds. The molecule has 3 aromatic carbocycles. The molecule has 1 saturated heterocycles. The van der Waals surface area contributed by atoms with Gasteiger partial charge in [-0.05, 0) is 66.1 Å². The number of phenols is 1. The zero-order valence-electron chi connectivity index (χ0n) is 19.0. The van der Waals surface area contributed by atoms with Crippen LogP contribution in [-0.4, -0.2) is 39.9 Å². The van der Waals surface area contributed by atoms with E-state index in [0.717, 1.165) is 0 Å². The lowest BCUT2D eigenvalue weighted by molar-refractivity contribution is -0.140. The van der Waals surface area contributed by atoms with Crippen molar-refractivity contribution in [3.05, 3.63) is 106 Å². The molecule has 0 bridgehead atoms. The van der Waals surface area contributed by atoms with Crippen molar-refractivity contribution < 1.29 is 33.7 Å². The van der Waals surface area contributed by atoms with E-state index in [4.69, 9.17) is 4.74 Å². The maximum Gasteiger partial charge on any atom is 0.337 e. The van der Waals surface area contributed by atoms with Gasteiger partial charge in [-0.2, -0.15) is 0 Å². The quantitative estimate of drug-likeness (QED) is 0.248. The topological polar surface area (TPSA) is 104 Å². The largest absolute Gasteiger partial charge is 0.508 e. The molecule has 1 aliphatic heterocycles. The number of aliphatic hydroxyl groups excluding tert-OH is 1. The molecular formula is C27H22FNO6. The van der Waals surface area contributed by atoms with Crippen LogP contribution in [0, 0.1) is 12.7 Å². The van der Waals surface area contributed by atoms with Crippen LogP contribution in [0.3, 0.4) is 0 Å². The van der Waals surface area contributed by atoms with Crippen molar-refractivity contribution in [2.75, 3.05) is 7.11 Å². The number of ether oxygens (including phenoxy) is 1. The van der Waals surface area contributed by atoms with Gasteiger partial charge in [-0.25, -0.2) is 9.18 Å². The minimum Gasteiger partial charge on any atom is -0.508 e. The monoisotopic (exact) mass is 475 g/mol. The van der Waals surface area contributed by atoms with E-state index in [9.17, 15) is 29.0 Å². The van der Waals surface area contributed by atoms with Crippen LogP contribution in [0.1, 0.15) is 38.7 Å². The highest BCUT2D eigenvalue weighted by Crippen LogP contribution is 2.40. The number of nitrogens with zero attached hydrogens (tertiary/aromatic N) is 1. The van der Waals surface area contributed by atoms with Crippen LogP contribution in [0.4, 0.5) is 4.39 Å². The van der Waals surface area contributed by atoms with Crippen molar-refractivity contribution in [1.82, 2.24) is 4.90 Å². The van der Waals surface area contributed by atoms with E-state index < -0.39 is 35.3 Å². The number of ketones is 1. The molecule has 1 fully saturated rings. The van der Waals surface area contributed by atoms with Gasteiger partial charge in [0.15, 0.2) is 0 Å². The number of halogens is 1. The van der Waals surface area contributed by atoms with Crippen molar-refractivity contribution in [3.8, 4) is 5.75 Å². The molecule has 7 nitrogen and oxygen atoms in total. The molecule has 3 aromatic rings. The smallest absolute Gasteiger partial charge is 0.337 e. The average Bonchev–Trinajstić information content (AvgIpc) is 3.10. The minimum absolute atomic E-state index is 0.00161. The van der Waals surface area contributed by atoms with Crippen molar-refractivity contribution in [3.63, 3.8) is 0 Å². The Balaban J connectivity index is 1.80. The van der Waals surface area contributed by atoms with E-state index in [-0.39, 0.29) is 29.0 Å². The number of aryl methyl sites for hydroxylation is 1. The van der Waals surface area contributed by atoms with Crippen LogP contribution in [0.15, 0.2) is 72.3 Å². The number of Topliss-reactive ketones (excluding diaryl/α,β-unsaturated/α-hetero) is 1. The Kier molecular flexibility index (Phi) is 6.38. The Bertz CT molecular complexity index is 1350. The number of carbonyl (C=O) groups excluding carboxylic acids is 3. The van der Waals surface area contributed by atoms with E-state index in [1.165, 1.54) is 49.3 Å². The Morgan fingerprint density at radius 2 is 1.63 bits per heavy atom. The fourth-order valence-electron chi connectivity index (χ4n) is 4.05. The lowest BCUT2D eigenvalue weighted by Gasteiger charge is -2.25. The van der Waals surface area contributed by atoms with E-state index in [2.05, 4.69) is 0 Å². The summed E-state index contributed by atoms with van der Waals surface area (Å²) in [5.74, 6) is -3.09. The molecule has 0 aromatic heterocycles. The summed E-state index contributed by atoms with van der Waals surface area (Å²) in [6, 6.07) is 15.3. The summed E-state index contributed by atoms with van der Waals surface area (Å²) >= 11 is 0. The summed E-state index contributed by atoms with van der Waals surface area (Å²) in [5, 5.41) is 20.8. The van der Waals surface area contributed by atoms with Gasteiger partial charge in [-0.15, -0.1) is 0 Å². The molecule has 1 atom stereocenters. The molecule has 0 aliphatic carbocycles. The second-order valence-corrected chi connectivity index (χ2v) is 8.17. The summed E-state index contributed by atoms with van der Waals surface area (Å²) in [7, 11) is 1.27. The van der Waals surface area contributed by atoms with Gasteiger partial charge in [0, 0.05) is 12.1 Å². The van der Waals surface area contributed by atoms with Crippen molar-refractivity contribution in [2.45, 2.75) is 19.5 Å². The van der Waals surface area contributed by atoms with Gasteiger partial charge in [0.25, 0.3) is 11.7 Å². The first-order valence-corrected chi connectivity index (χ1v) is 10.7. The third kappa shape index (κ3) is 4.50. The number of hydrogen-bond donors (Lipinski definition) is 2. The summed E-state index contributed by atoms with van der Waals surface area (Å²) in [5.41, 5.74) is 1.80. The fourth-order valence-corrected chi connectivity index (χ4v) is 4.05. The number of carbonyl (C=O) groups is 3. The van der Waals surface area contributed by atoms with E-state index in [1.54, 1.807) is 36.4 Å². The number of methoxy groups -OCH3 is 1. The number of hydrogen-bond acceptors (Lipinski definition) is 6. The fraction of sp³-hybridized carbons (Fsp3) is 0.148. The molecule has 4 rings (SSSR count). The van der Waals surface area contributed by atoms with Crippen molar-refractivity contribution >= 4 is 23.4 Å². The van der Waals surface area contributed by atoms with Crippen molar-refractivity contribution in [2.24, 2.45) is 0 Å². The van der Waals surface area contributed by atoms with Gasteiger partial charge in [0.2, 0.25) is 0 Å². The number of likely N-dealkylation sites (tertiary alicyclic amines) is 1. The van der Waals surface area contributed by atoms with Crippen LogP contribution in [0.25, 0.3) is 5.76 Å². The first-order valence-electron chi connectivity index (χ1n) is 10.7. The molecule has 1 unspecified atom stereocenters.